The number of nitrogens with one attached hydrogen (secondary N) is 1. The predicted molar refractivity (Wildman–Crippen MR) is 217 cm³/mol. The zero-order chi connectivity index (χ0) is 41.1. The van der Waals surface area contributed by atoms with Gasteiger partial charge in [-0.3, -0.25) is 19.4 Å². The van der Waals surface area contributed by atoms with Gasteiger partial charge in [-0.2, -0.15) is 0 Å². The van der Waals surface area contributed by atoms with E-state index in [1.165, 1.54) is 17.0 Å². The zero-order valence-corrected chi connectivity index (χ0v) is 32.6. The Morgan fingerprint density at radius 3 is 2.17 bits per heavy atom. The summed E-state index contributed by atoms with van der Waals surface area (Å²) in [7, 11) is -4.03. The van der Waals surface area contributed by atoms with Crippen molar-refractivity contribution >= 4 is 50.5 Å². The number of fused-ring (bicyclic) bond motifs is 1. The number of oxazole rings is 1. The first kappa shape index (κ1) is 41.3. The average Bonchev–Trinajstić information content (AvgIpc) is 3.90. The largest absolute Gasteiger partial charge is 0.445 e. The number of amides is 2. The number of aliphatic imine (C=N–C) groups is 1. The van der Waals surface area contributed by atoms with Gasteiger partial charge in [0.1, 0.15) is 18.2 Å². The molecular weight excluding hydrogens is 761 g/mol. The Kier molecular flexibility index (Phi) is 13.7. The number of hydrogen-bond donors (Lipinski definition) is 3. The maximum absolute atomic E-state index is 14.7. The van der Waals surface area contributed by atoms with Gasteiger partial charge in [0.25, 0.3) is 5.89 Å². The standard InChI is InChI=1S/C43H46N6O8S/c44-42(45)46-24-12-17-31(39(51)40-47-34-20-10-11-21-38(34)57-40)25-37(50)36-26-33(58(54,55)32-18-8-3-9-19-32)27-49(36)41(52)35(23-22-29-13-4-1-5-14-29)48-43(53)56-28-30-15-6-2-7-16-30/h1-11,13-16,18-21,31,33,35-36H,12,17,22-28H2,(H,48,53)(H4,44,45,46)/t31-,33?,35-,36+/m1/s1. The number of likely N-dealkylation sites (tertiary alicyclic amines) is 1. The molecule has 5 N–H and O–H groups in total. The summed E-state index contributed by atoms with van der Waals surface area (Å²) in [5, 5.41) is 1.54. The first-order chi connectivity index (χ1) is 28.0. The number of nitrogens with two attached hydrogens (primary N) is 2. The smallest absolute Gasteiger partial charge is 0.408 e. The lowest BCUT2D eigenvalue weighted by atomic mass is 9.89. The minimum Gasteiger partial charge on any atom is -0.445 e. The summed E-state index contributed by atoms with van der Waals surface area (Å²) in [6.45, 7) is -0.176. The van der Waals surface area contributed by atoms with Gasteiger partial charge < -0.3 is 30.8 Å². The van der Waals surface area contributed by atoms with Gasteiger partial charge in [0, 0.05) is 25.4 Å². The van der Waals surface area contributed by atoms with Crippen molar-refractivity contribution in [1.82, 2.24) is 15.2 Å². The molecule has 1 aromatic heterocycles. The maximum Gasteiger partial charge on any atom is 0.408 e. The van der Waals surface area contributed by atoms with Crippen LogP contribution in [0.3, 0.4) is 0 Å². The molecule has 58 heavy (non-hydrogen) atoms. The van der Waals surface area contributed by atoms with Crippen molar-refractivity contribution in [3.05, 3.63) is 132 Å². The van der Waals surface area contributed by atoms with Crippen LogP contribution in [0.15, 0.2) is 130 Å². The fourth-order valence-corrected chi connectivity index (χ4v) is 8.81. The predicted octanol–water partition coefficient (Wildman–Crippen LogP) is 5.01. The Hall–Kier alpha value is -6.35. The van der Waals surface area contributed by atoms with Gasteiger partial charge in [-0.1, -0.05) is 91.0 Å². The molecule has 1 saturated heterocycles. The highest BCUT2D eigenvalue weighted by molar-refractivity contribution is 7.92. The lowest BCUT2D eigenvalue weighted by molar-refractivity contribution is -0.139. The summed E-state index contributed by atoms with van der Waals surface area (Å²) in [4.78, 5) is 66.1. The molecular formula is C43H46N6O8S. The Morgan fingerprint density at radius 1 is 0.862 bits per heavy atom. The fourth-order valence-electron chi connectivity index (χ4n) is 7.10. The molecule has 4 atom stereocenters. The average molecular weight is 807 g/mol. The number of benzene rings is 4. The summed E-state index contributed by atoms with van der Waals surface area (Å²) in [5.41, 5.74) is 13.5. The number of carbonyl (C=O) groups excluding carboxylic acids is 4. The van der Waals surface area contributed by atoms with Crippen molar-refractivity contribution in [1.29, 1.82) is 0 Å². The van der Waals surface area contributed by atoms with Crippen molar-refractivity contribution in [3.63, 3.8) is 0 Å². The number of ketones is 2. The molecule has 0 spiro atoms. The Bertz CT molecular complexity index is 2300. The molecule has 1 aliphatic heterocycles. The van der Waals surface area contributed by atoms with Gasteiger partial charge in [0.15, 0.2) is 27.2 Å². The highest BCUT2D eigenvalue weighted by Gasteiger charge is 2.47. The molecule has 1 unspecified atom stereocenters. The van der Waals surface area contributed by atoms with Crippen molar-refractivity contribution in [3.8, 4) is 0 Å². The minimum atomic E-state index is -4.03. The molecule has 5 aromatic rings. The van der Waals surface area contributed by atoms with Crippen molar-refractivity contribution in [2.24, 2.45) is 22.4 Å². The summed E-state index contributed by atoms with van der Waals surface area (Å²) < 4.78 is 39.3. The number of carbonyl (C=O) groups is 4. The third-order valence-electron chi connectivity index (χ3n) is 10.1. The van der Waals surface area contributed by atoms with Gasteiger partial charge in [0.05, 0.1) is 16.2 Å². The van der Waals surface area contributed by atoms with Crippen LogP contribution in [-0.2, 0) is 37.2 Å². The number of rotatable bonds is 18. The van der Waals surface area contributed by atoms with E-state index in [4.69, 9.17) is 20.6 Å². The van der Waals surface area contributed by atoms with Crippen LogP contribution in [0.25, 0.3) is 11.1 Å². The number of hydrogen-bond acceptors (Lipinski definition) is 10. The Morgan fingerprint density at radius 2 is 1.50 bits per heavy atom. The molecule has 14 nitrogen and oxygen atoms in total. The van der Waals surface area contributed by atoms with Gasteiger partial charge in [-0.15, -0.1) is 0 Å². The Labute approximate surface area is 336 Å². The first-order valence-corrected chi connectivity index (χ1v) is 20.6. The van der Waals surface area contributed by atoms with Crippen LogP contribution in [0.4, 0.5) is 4.79 Å². The molecule has 0 radical (unpaired) electrons. The van der Waals surface area contributed by atoms with E-state index in [2.05, 4.69) is 15.3 Å². The third-order valence-corrected chi connectivity index (χ3v) is 12.3. The molecule has 0 saturated carbocycles. The number of guanidine groups is 1. The molecule has 0 bridgehead atoms. The van der Waals surface area contributed by atoms with Gasteiger partial charge >= 0.3 is 6.09 Å². The van der Waals surface area contributed by atoms with Gasteiger partial charge in [-0.25, -0.2) is 18.2 Å². The maximum atomic E-state index is 14.7. The van der Waals surface area contributed by atoms with Crippen LogP contribution in [0.2, 0.25) is 0 Å². The molecule has 2 amide bonds. The Balaban J connectivity index is 1.29. The van der Waals surface area contributed by atoms with Crippen LogP contribution in [0.5, 0.6) is 0 Å². The SMILES string of the molecule is NC(N)=NCCC[C@H](CC(=O)[C@@H]1CC(S(=O)(=O)c2ccccc2)CN1C(=O)[C@@H](CCc1ccccc1)NC(=O)OCc1ccccc1)C(=O)c1nc2ccccc2o1. The third kappa shape index (κ3) is 10.5. The highest BCUT2D eigenvalue weighted by atomic mass is 32.2. The second-order valence-electron chi connectivity index (χ2n) is 14.2. The van der Waals surface area contributed by atoms with Crippen LogP contribution < -0.4 is 16.8 Å². The zero-order valence-electron chi connectivity index (χ0n) is 31.8. The number of aromatic nitrogens is 1. The molecule has 0 aliphatic carbocycles. The van der Waals surface area contributed by atoms with E-state index in [1.54, 1.807) is 54.6 Å². The summed E-state index contributed by atoms with van der Waals surface area (Å²) in [5.74, 6) is -2.96. The van der Waals surface area contributed by atoms with E-state index < -0.39 is 56.7 Å². The van der Waals surface area contributed by atoms with Gasteiger partial charge in [0.2, 0.25) is 11.7 Å². The lowest BCUT2D eigenvalue weighted by Crippen LogP contribution is -2.52. The molecule has 15 heteroatoms. The number of aryl methyl sites for hydroxylation is 1. The van der Waals surface area contributed by atoms with E-state index in [0.29, 0.717) is 23.9 Å². The summed E-state index contributed by atoms with van der Waals surface area (Å²) in [6.07, 6.45) is -0.421. The second kappa shape index (κ2) is 19.2. The molecule has 1 fully saturated rings. The molecule has 4 aromatic carbocycles. The molecule has 302 valence electrons. The van der Waals surface area contributed by atoms with Crippen molar-refractivity contribution < 1.29 is 36.7 Å². The van der Waals surface area contributed by atoms with Gasteiger partial charge in [-0.05, 0) is 67.5 Å². The number of ether oxygens (including phenoxy) is 1. The number of nitrogens with zero attached hydrogens (tertiary/aromatic N) is 3. The number of sulfone groups is 1. The topological polar surface area (TPSA) is 217 Å². The van der Waals surface area contributed by atoms with Crippen LogP contribution in [0, 0.1) is 5.92 Å². The quantitative estimate of drug-likeness (QED) is 0.0463. The lowest BCUT2D eigenvalue weighted by Gasteiger charge is -2.29. The highest BCUT2D eigenvalue weighted by Crippen LogP contribution is 2.32. The number of Topliss-reactive ketones (excluding diaryl/α,β-unsaturated/α-hetero) is 2. The van der Waals surface area contributed by atoms with E-state index in [0.717, 1.165) is 11.1 Å². The first-order valence-electron chi connectivity index (χ1n) is 19.1. The van der Waals surface area contributed by atoms with Crippen molar-refractivity contribution in [2.45, 2.75) is 67.4 Å². The normalized spacial score (nSPS) is 16.3. The summed E-state index contributed by atoms with van der Waals surface area (Å²) >= 11 is 0. The fraction of sp³-hybridized carbons (Fsp3) is 0.302. The van der Waals surface area contributed by atoms with Crippen LogP contribution in [0.1, 0.15) is 53.9 Å². The van der Waals surface area contributed by atoms with E-state index in [9.17, 15) is 27.6 Å². The number of para-hydroxylation sites is 2. The second-order valence-corrected chi connectivity index (χ2v) is 16.4. The monoisotopic (exact) mass is 806 g/mol. The van der Waals surface area contributed by atoms with Crippen LogP contribution >= 0.6 is 0 Å². The van der Waals surface area contributed by atoms with E-state index in [-0.39, 0.29) is 62.1 Å². The minimum absolute atomic E-state index is 0.0484. The molecule has 6 rings (SSSR count). The summed E-state index contributed by atoms with van der Waals surface area (Å²) in [6, 6.07) is 30.7. The van der Waals surface area contributed by atoms with Crippen molar-refractivity contribution in [2.75, 3.05) is 13.1 Å². The molecule has 2 heterocycles. The number of alkyl carbamates (subject to hydrolysis) is 1. The van der Waals surface area contributed by atoms with Crippen LogP contribution in [-0.4, -0.2) is 78.3 Å². The molecule has 1 aliphatic rings. The van der Waals surface area contributed by atoms with E-state index in [1.807, 2.05) is 48.5 Å². The van der Waals surface area contributed by atoms with E-state index >= 15 is 0 Å².